The maximum absolute atomic E-state index is 11.7. The maximum atomic E-state index is 11.7. The van der Waals surface area contributed by atoms with Gasteiger partial charge in [-0.1, -0.05) is 13.8 Å². The molecule has 0 saturated heterocycles. The Bertz CT molecular complexity index is 229. The standard InChI is InChI=1S/C10H18N2O2/c1-5-8(7-11)12-9(13)10(3,6-2)14-4/h8H,5-6H2,1-4H3,(H,12,13). The Kier molecular flexibility index (Phi) is 5.18. The first-order valence-electron chi connectivity index (χ1n) is 4.79. The summed E-state index contributed by atoms with van der Waals surface area (Å²) in [5.74, 6) is -0.226. The molecule has 0 aromatic rings. The molecule has 80 valence electrons. The van der Waals surface area contributed by atoms with Crippen molar-refractivity contribution in [2.45, 2.75) is 45.3 Å². The zero-order valence-corrected chi connectivity index (χ0v) is 9.26. The van der Waals surface area contributed by atoms with Crippen molar-refractivity contribution < 1.29 is 9.53 Å². The molecule has 0 aromatic carbocycles. The third-order valence-electron chi connectivity index (χ3n) is 2.47. The summed E-state index contributed by atoms with van der Waals surface area (Å²) in [6.45, 7) is 5.44. The fourth-order valence-corrected chi connectivity index (χ4v) is 0.934. The second-order valence-corrected chi connectivity index (χ2v) is 3.35. The molecule has 2 atom stereocenters. The Morgan fingerprint density at radius 3 is 2.50 bits per heavy atom. The van der Waals surface area contributed by atoms with E-state index in [-0.39, 0.29) is 5.91 Å². The van der Waals surface area contributed by atoms with Gasteiger partial charge in [-0.15, -0.1) is 0 Å². The Morgan fingerprint density at radius 2 is 2.21 bits per heavy atom. The summed E-state index contributed by atoms with van der Waals surface area (Å²) in [7, 11) is 1.50. The topological polar surface area (TPSA) is 62.1 Å². The van der Waals surface area contributed by atoms with Crippen molar-refractivity contribution in [3.63, 3.8) is 0 Å². The quantitative estimate of drug-likeness (QED) is 0.722. The Labute approximate surface area is 85.2 Å². The molecule has 0 aliphatic carbocycles. The molecule has 14 heavy (non-hydrogen) atoms. The summed E-state index contributed by atoms with van der Waals surface area (Å²) < 4.78 is 5.12. The van der Waals surface area contributed by atoms with Crippen LogP contribution in [0.1, 0.15) is 33.6 Å². The van der Waals surface area contributed by atoms with Gasteiger partial charge in [0.25, 0.3) is 5.91 Å². The van der Waals surface area contributed by atoms with E-state index >= 15 is 0 Å². The molecular formula is C10H18N2O2. The number of carbonyl (C=O) groups is 1. The van der Waals surface area contributed by atoms with Crippen molar-refractivity contribution in [3.05, 3.63) is 0 Å². The lowest BCUT2D eigenvalue weighted by molar-refractivity contribution is -0.142. The van der Waals surface area contributed by atoms with Gasteiger partial charge in [0.2, 0.25) is 0 Å². The first-order valence-corrected chi connectivity index (χ1v) is 4.79. The Morgan fingerprint density at radius 1 is 1.64 bits per heavy atom. The lowest BCUT2D eigenvalue weighted by Crippen LogP contribution is -2.48. The second kappa shape index (κ2) is 5.61. The number of ether oxygens (including phenoxy) is 1. The monoisotopic (exact) mass is 198 g/mol. The fraction of sp³-hybridized carbons (Fsp3) is 0.800. The molecule has 0 aliphatic rings. The van der Waals surface area contributed by atoms with E-state index in [2.05, 4.69) is 5.32 Å². The van der Waals surface area contributed by atoms with Gasteiger partial charge in [0, 0.05) is 7.11 Å². The SMILES string of the molecule is CCC(C#N)NC(=O)C(C)(CC)OC. The van der Waals surface area contributed by atoms with E-state index in [9.17, 15) is 4.79 Å². The summed E-state index contributed by atoms with van der Waals surface area (Å²) in [5.41, 5.74) is -0.829. The molecule has 0 bridgehead atoms. The highest BCUT2D eigenvalue weighted by Crippen LogP contribution is 2.14. The largest absolute Gasteiger partial charge is 0.369 e. The Balaban J connectivity index is 4.40. The lowest BCUT2D eigenvalue weighted by atomic mass is 10.0. The molecule has 0 fully saturated rings. The van der Waals surface area contributed by atoms with Crippen molar-refractivity contribution in [2.24, 2.45) is 0 Å². The fourth-order valence-electron chi connectivity index (χ4n) is 0.934. The van der Waals surface area contributed by atoms with Crippen molar-refractivity contribution in [1.82, 2.24) is 5.32 Å². The average Bonchev–Trinajstić information content (AvgIpc) is 2.24. The van der Waals surface area contributed by atoms with Crippen LogP contribution in [0.3, 0.4) is 0 Å². The van der Waals surface area contributed by atoms with Crippen molar-refractivity contribution >= 4 is 5.91 Å². The summed E-state index contributed by atoms with van der Waals surface area (Å²) >= 11 is 0. The van der Waals surface area contributed by atoms with Crippen LogP contribution in [0.4, 0.5) is 0 Å². The lowest BCUT2D eigenvalue weighted by Gasteiger charge is -2.26. The van der Waals surface area contributed by atoms with E-state index in [1.807, 2.05) is 19.9 Å². The highest BCUT2D eigenvalue weighted by Gasteiger charge is 2.31. The highest BCUT2D eigenvalue weighted by molar-refractivity contribution is 5.85. The number of nitrogens with zero attached hydrogens (tertiary/aromatic N) is 1. The molecule has 4 nitrogen and oxygen atoms in total. The van der Waals surface area contributed by atoms with Crippen molar-refractivity contribution in [1.29, 1.82) is 5.26 Å². The first-order chi connectivity index (χ1) is 6.53. The molecule has 0 saturated carbocycles. The molecule has 0 spiro atoms. The van der Waals surface area contributed by atoms with Gasteiger partial charge < -0.3 is 10.1 Å². The van der Waals surface area contributed by atoms with Crippen LogP contribution in [0, 0.1) is 11.3 Å². The van der Waals surface area contributed by atoms with E-state index in [0.717, 1.165) is 0 Å². The van der Waals surface area contributed by atoms with Gasteiger partial charge in [-0.25, -0.2) is 0 Å². The van der Waals surface area contributed by atoms with Gasteiger partial charge in [-0.3, -0.25) is 4.79 Å². The first kappa shape index (κ1) is 12.9. The maximum Gasteiger partial charge on any atom is 0.252 e. The Hall–Kier alpha value is -1.08. The summed E-state index contributed by atoms with van der Waals surface area (Å²) in [5, 5.41) is 11.3. The molecule has 0 aliphatic heterocycles. The van der Waals surface area contributed by atoms with Gasteiger partial charge >= 0.3 is 0 Å². The average molecular weight is 198 g/mol. The van der Waals surface area contributed by atoms with E-state index in [1.54, 1.807) is 6.92 Å². The minimum atomic E-state index is -0.829. The zero-order chi connectivity index (χ0) is 11.2. The number of methoxy groups -OCH3 is 1. The van der Waals surface area contributed by atoms with Crippen LogP contribution in [-0.4, -0.2) is 24.7 Å². The highest BCUT2D eigenvalue weighted by atomic mass is 16.5. The van der Waals surface area contributed by atoms with Gasteiger partial charge in [0.05, 0.1) is 6.07 Å². The predicted octanol–water partition coefficient (Wildman–Crippen LogP) is 1.22. The zero-order valence-electron chi connectivity index (χ0n) is 9.26. The van der Waals surface area contributed by atoms with Crippen LogP contribution in [-0.2, 0) is 9.53 Å². The molecular weight excluding hydrogens is 180 g/mol. The van der Waals surface area contributed by atoms with E-state index < -0.39 is 11.6 Å². The molecule has 0 rings (SSSR count). The molecule has 1 N–H and O–H groups in total. The van der Waals surface area contributed by atoms with E-state index in [1.165, 1.54) is 7.11 Å². The molecule has 1 amide bonds. The predicted molar refractivity (Wildman–Crippen MR) is 53.5 cm³/mol. The number of nitrogens with one attached hydrogen (secondary N) is 1. The molecule has 4 heteroatoms. The summed E-state index contributed by atoms with van der Waals surface area (Å²) in [4.78, 5) is 11.7. The van der Waals surface area contributed by atoms with Crippen LogP contribution in [0.15, 0.2) is 0 Å². The molecule has 0 heterocycles. The number of nitriles is 1. The minimum absolute atomic E-state index is 0.226. The third kappa shape index (κ3) is 3.00. The van der Waals surface area contributed by atoms with Crippen molar-refractivity contribution in [2.75, 3.05) is 7.11 Å². The summed E-state index contributed by atoms with van der Waals surface area (Å²) in [6.07, 6.45) is 1.18. The van der Waals surface area contributed by atoms with Crippen molar-refractivity contribution in [3.8, 4) is 6.07 Å². The minimum Gasteiger partial charge on any atom is -0.369 e. The number of rotatable bonds is 5. The number of hydrogen-bond donors (Lipinski definition) is 1. The van der Waals surface area contributed by atoms with Crippen LogP contribution in [0.2, 0.25) is 0 Å². The molecule has 0 aromatic heterocycles. The van der Waals surface area contributed by atoms with Crippen LogP contribution in [0.25, 0.3) is 0 Å². The number of amides is 1. The summed E-state index contributed by atoms with van der Waals surface area (Å²) in [6, 6.07) is 1.59. The van der Waals surface area contributed by atoms with E-state index in [4.69, 9.17) is 10.00 Å². The second-order valence-electron chi connectivity index (χ2n) is 3.35. The normalized spacial score (nSPS) is 16.5. The van der Waals surface area contributed by atoms with Gasteiger partial charge in [0.15, 0.2) is 0 Å². The van der Waals surface area contributed by atoms with Crippen LogP contribution < -0.4 is 5.32 Å². The number of carbonyl (C=O) groups excluding carboxylic acids is 1. The molecule has 2 unspecified atom stereocenters. The molecule has 0 radical (unpaired) electrons. The van der Waals surface area contributed by atoms with Gasteiger partial charge in [-0.05, 0) is 19.8 Å². The smallest absolute Gasteiger partial charge is 0.252 e. The third-order valence-corrected chi connectivity index (χ3v) is 2.47. The van der Waals surface area contributed by atoms with Crippen LogP contribution in [0.5, 0.6) is 0 Å². The van der Waals surface area contributed by atoms with Gasteiger partial charge in [0.1, 0.15) is 11.6 Å². The number of hydrogen-bond acceptors (Lipinski definition) is 3. The van der Waals surface area contributed by atoms with Crippen LogP contribution >= 0.6 is 0 Å². The van der Waals surface area contributed by atoms with E-state index in [0.29, 0.717) is 12.8 Å². The van der Waals surface area contributed by atoms with Gasteiger partial charge in [-0.2, -0.15) is 5.26 Å².